The van der Waals surface area contributed by atoms with Crippen molar-refractivity contribution in [2.45, 2.75) is 25.0 Å². The molecule has 1 heterocycles. The largest absolute Gasteiger partial charge is 0.326 e. The van der Waals surface area contributed by atoms with Crippen LogP contribution in [0, 0.1) is 5.92 Å². The summed E-state index contributed by atoms with van der Waals surface area (Å²) in [6.45, 7) is 1.92. The van der Waals surface area contributed by atoms with E-state index < -0.39 is 10.0 Å². The van der Waals surface area contributed by atoms with Crippen molar-refractivity contribution in [3.8, 4) is 0 Å². The minimum Gasteiger partial charge on any atom is -0.326 e. The smallest absolute Gasteiger partial charge is 0.224 e. The number of nitrogens with two attached hydrogens (primary N) is 1. The van der Waals surface area contributed by atoms with E-state index in [2.05, 4.69) is 10.6 Å². The normalized spacial score (nSPS) is 19.2. The number of carbonyl (C=O) groups is 1. The van der Waals surface area contributed by atoms with Crippen molar-refractivity contribution < 1.29 is 13.2 Å². The van der Waals surface area contributed by atoms with Gasteiger partial charge in [-0.3, -0.25) is 4.79 Å². The third-order valence-electron chi connectivity index (χ3n) is 3.48. The number of amides is 1. The van der Waals surface area contributed by atoms with Crippen molar-refractivity contribution in [2.24, 2.45) is 11.1 Å². The molecular weight excluding hydrogens is 290 g/mol. The Bertz CT molecular complexity index is 578. The van der Waals surface area contributed by atoms with Crippen molar-refractivity contribution in [1.29, 1.82) is 0 Å². The van der Waals surface area contributed by atoms with E-state index in [0.717, 1.165) is 25.9 Å². The molecule has 1 aromatic rings. The number of primary sulfonamides is 1. The molecule has 1 aromatic carbocycles. The van der Waals surface area contributed by atoms with Crippen LogP contribution in [0.4, 0.5) is 5.69 Å². The third kappa shape index (κ3) is 5.82. The van der Waals surface area contributed by atoms with Crippen LogP contribution in [-0.2, 0) is 20.6 Å². The lowest BCUT2D eigenvalue weighted by molar-refractivity contribution is -0.117. The first kappa shape index (κ1) is 15.9. The number of carbonyl (C=O) groups excluding carboxylic acids is 1. The molecule has 6 nitrogen and oxygen atoms in total. The fraction of sp³-hybridized carbons (Fsp3) is 0.500. The highest BCUT2D eigenvalue weighted by Crippen LogP contribution is 2.16. The second kappa shape index (κ2) is 7.02. The van der Waals surface area contributed by atoms with E-state index in [9.17, 15) is 13.2 Å². The Morgan fingerprint density at radius 3 is 2.62 bits per heavy atom. The molecule has 0 radical (unpaired) electrons. The zero-order chi connectivity index (χ0) is 15.3. The molecule has 116 valence electrons. The first-order chi connectivity index (χ1) is 9.92. The van der Waals surface area contributed by atoms with Gasteiger partial charge in [0.05, 0.1) is 5.75 Å². The molecule has 4 N–H and O–H groups in total. The number of rotatable bonds is 5. The van der Waals surface area contributed by atoms with E-state index in [0.29, 0.717) is 23.6 Å². The SMILES string of the molecule is NS(=O)(=O)Cc1ccc(NC(=O)CC2CCCNC2)cc1. The van der Waals surface area contributed by atoms with E-state index in [-0.39, 0.29) is 11.7 Å². The number of benzene rings is 1. The zero-order valence-electron chi connectivity index (χ0n) is 11.8. The molecule has 7 heteroatoms. The van der Waals surface area contributed by atoms with Gasteiger partial charge in [0, 0.05) is 12.1 Å². The Kier molecular flexibility index (Phi) is 5.33. The molecule has 1 amide bonds. The number of nitrogens with one attached hydrogen (secondary N) is 2. The molecule has 0 aromatic heterocycles. The van der Waals surface area contributed by atoms with Gasteiger partial charge in [0.25, 0.3) is 0 Å². The molecule has 1 saturated heterocycles. The van der Waals surface area contributed by atoms with Crippen molar-refractivity contribution in [2.75, 3.05) is 18.4 Å². The first-order valence-electron chi connectivity index (χ1n) is 7.02. The second-order valence-corrected chi connectivity index (χ2v) is 7.08. The van der Waals surface area contributed by atoms with Gasteiger partial charge in [-0.1, -0.05) is 12.1 Å². The molecule has 0 spiro atoms. The minimum absolute atomic E-state index is 0.0112. The maximum absolute atomic E-state index is 11.9. The number of piperidine rings is 1. The molecule has 0 bridgehead atoms. The fourth-order valence-corrected chi connectivity index (χ4v) is 3.15. The average Bonchev–Trinajstić information content (AvgIpc) is 2.40. The van der Waals surface area contributed by atoms with E-state index in [1.54, 1.807) is 24.3 Å². The Morgan fingerprint density at radius 1 is 1.33 bits per heavy atom. The van der Waals surface area contributed by atoms with Crippen molar-refractivity contribution in [3.05, 3.63) is 29.8 Å². The summed E-state index contributed by atoms with van der Waals surface area (Å²) in [6, 6.07) is 6.69. The molecule has 21 heavy (non-hydrogen) atoms. The van der Waals surface area contributed by atoms with E-state index in [1.165, 1.54) is 0 Å². The molecule has 0 aliphatic carbocycles. The predicted molar refractivity (Wildman–Crippen MR) is 82.1 cm³/mol. The van der Waals surface area contributed by atoms with E-state index in [1.807, 2.05) is 0 Å². The standard InChI is InChI=1S/C14H21N3O3S/c15-21(19,20)10-11-3-5-13(6-4-11)17-14(18)8-12-2-1-7-16-9-12/h3-6,12,16H,1-2,7-10H2,(H,17,18)(H2,15,19,20). The highest BCUT2D eigenvalue weighted by molar-refractivity contribution is 7.88. The zero-order valence-corrected chi connectivity index (χ0v) is 12.7. The summed E-state index contributed by atoms with van der Waals surface area (Å²) < 4.78 is 22.0. The Labute approximate surface area is 125 Å². The van der Waals surface area contributed by atoms with Crippen LogP contribution in [0.25, 0.3) is 0 Å². The topological polar surface area (TPSA) is 101 Å². The number of sulfonamides is 1. The van der Waals surface area contributed by atoms with Crippen LogP contribution < -0.4 is 15.8 Å². The van der Waals surface area contributed by atoms with Crippen LogP contribution in [0.3, 0.4) is 0 Å². The van der Waals surface area contributed by atoms with Gasteiger partial charge in [0.1, 0.15) is 0 Å². The summed E-state index contributed by atoms with van der Waals surface area (Å²) in [5.41, 5.74) is 1.27. The number of hydrogen-bond donors (Lipinski definition) is 3. The lowest BCUT2D eigenvalue weighted by Crippen LogP contribution is -2.32. The van der Waals surface area contributed by atoms with Crippen LogP contribution in [0.2, 0.25) is 0 Å². The van der Waals surface area contributed by atoms with Gasteiger partial charge in [-0.05, 0) is 49.5 Å². The van der Waals surface area contributed by atoms with Crippen molar-refractivity contribution in [3.63, 3.8) is 0 Å². The third-order valence-corrected chi connectivity index (χ3v) is 4.21. The van der Waals surface area contributed by atoms with Gasteiger partial charge < -0.3 is 10.6 Å². The minimum atomic E-state index is -3.53. The number of anilines is 1. The molecule has 0 saturated carbocycles. The lowest BCUT2D eigenvalue weighted by atomic mass is 9.96. The summed E-state index contributed by atoms with van der Waals surface area (Å²) >= 11 is 0. The second-order valence-electron chi connectivity index (χ2n) is 5.47. The van der Waals surface area contributed by atoms with Gasteiger partial charge in [-0.2, -0.15) is 0 Å². The number of hydrogen-bond acceptors (Lipinski definition) is 4. The Balaban J connectivity index is 1.86. The van der Waals surface area contributed by atoms with Crippen LogP contribution >= 0.6 is 0 Å². The molecule has 1 unspecified atom stereocenters. The van der Waals surface area contributed by atoms with Gasteiger partial charge >= 0.3 is 0 Å². The summed E-state index contributed by atoms with van der Waals surface area (Å²) in [5, 5.41) is 11.1. The Hall–Kier alpha value is -1.44. The van der Waals surface area contributed by atoms with Crippen LogP contribution in [0.1, 0.15) is 24.8 Å². The monoisotopic (exact) mass is 311 g/mol. The fourth-order valence-electron chi connectivity index (χ4n) is 2.49. The molecular formula is C14H21N3O3S. The summed E-state index contributed by atoms with van der Waals surface area (Å²) in [6.07, 6.45) is 2.69. The molecule has 1 aliphatic heterocycles. The maximum atomic E-state index is 11.9. The summed E-state index contributed by atoms with van der Waals surface area (Å²) in [4.78, 5) is 11.9. The molecule has 1 fully saturated rings. The van der Waals surface area contributed by atoms with Gasteiger partial charge in [0.2, 0.25) is 15.9 Å². The van der Waals surface area contributed by atoms with Gasteiger partial charge in [-0.15, -0.1) is 0 Å². The van der Waals surface area contributed by atoms with Gasteiger partial charge in [-0.25, -0.2) is 13.6 Å². The summed E-state index contributed by atoms with van der Waals surface area (Å²) in [5.74, 6) is 0.179. The lowest BCUT2D eigenvalue weighted by Gasteiger charge is -2.22. The van der Waals surface area contributed by atoms with Crippen molar-refractivity contribution >= 4 is 21.6 Å². The Morgan fingerprint density at radius 2 is 2.05 bits per heavy atom. The van der Waals surface area contributed by atoms with E-state index in [4.69, 9.17) is 5.14 Å². The first-order valence-corrected chi connectivity index (χ1v) is 8.74. The average molecular weight is 311 g/mol. The van der Waals surface area contributed by atoms with Crippen LogP contribution in [0.5, 0.6) is 0 Å². The quantitative estimate of drug-likeness (QED) is 0.748. The predicted octanol–water partition coefficient (Wildman–Crippen LogP) is 0.803. The highest BCUT2D eigenvalue weighted by atomic mass is 32.2. The molecule has 2 rings (SSSR count). The summed E-state index contributed by atoms with van der Waals surface area (Å²) in [7, 11) is -3.53. The van der Waals surface area contributed by atoms with Crippen LogP contribution in [-0.4, -0.2) is 27.4 Å². The van der Waals surface area contributed by atoms with Crippen molar-refractivity contribution in [1.82, 2.24) is 5.32 Å². The van der Waals surface area contributed by atoms with Crippen LogP contribution in [0.15, 0.2) is 24.3 Å². The molecule has 1 atom stereocenters. The maximum Gasteiger partial charge on any atom is 0.224 e. The molecule has 1 aliphatic rings. The highest BCUT2D eigenvalue weighted by Gasteiger charge is 2.16. The van der Waals surface area contributed by atoms with Gasteiger partial charge in [0.15, 0.2) is 0 Å². The van der Waals surface area contributed by atoms with E-state index >= 15 is 0 Å².